The molecular formula is C26H33N3O2. The van der Waals surface area contributed by atoms with Gasteiger partial charge in [0.15, 0.2) is 0 Å². The highest BCUT2D eigenvalue weighted by molar-refractivity contribution is 5.93. The van der Waals surface area contributed by atoms with Gasteiger partial charge in [-0.25, -0.2) is 0 Å². The van der Waals surface area contributed by atoms with Crippen molar-refractivity contribution in [3.63, 3.8) is 0 Å². The average molecular weight is 420 g/mol. The smallest absolute Gasteiger partial charge is 0.244 e. The highest BCUT2D eigenvalue weighted by Gasteiger charge is 2.37. The Morgan fingerprint density at radius 3 is 2.48 bits per heavy atom. The maximum absolute atomic E-state index is 13.6. The third-order valence-corrected chi connectivity index (χ3v) is 6.85. The summed E-state index contributed by atoms with van der Waals surface area (Å²) < 4.78 is 0. The summed E-state index contributed by atoms with van der Waals surface area (Å²) in [5, 5.41) is 3.02. The molecule has 1 saturated heterocycles. The topological polar surface area (TPSA) is 52.7 Å². The zero-order chi connectivity index (χ0) is 22.0. The van der Waals surface area contributed by atoms with Crippen molar-refractivity contribution in [2.45, 2.75) is 46.1 Å². The van der Waals surface area contributed by atoms with Crippen molar-refractivity contribution in [3.8, 4) is 0 Å². The van der Waals surface area contributed by atoms with Crippen molar-refractivity contribution >= 4 is 17.5 Å². The summed E-state index contributed by atoms with van der Waals surface area (Å²) >= 11 is 0. The van der Waals surface area contributed by atoms with E-state index in [9.17, 15) is 9.59 Å². The van der Waals surface area contributed by atoms with Crippen LogP contribution >= 0.6 is 0 Å². The number of hydrogen-bond donors (Lipinski definition) is 1. The number of likely N-dealkylation sites (tertiary alicyclic amines) is 1. The Morgan fingerprint density at radius 2 is 1.74 bits per heavy atom. The predicted molar refractivity (Wildman–Crippen MR) is 124 cm³/mol. The number of hydrogen-bond acceptors (Lipinski definition) is 3. The molecule has 2 aliphatic rings. The van der Waals surface area contributed by atoms with E-state index in [0.717, 1.165) is 49.2 Å². The molecule has 164 valence electrons. The number of nitrogens with zero attached hydrogens (tertiary/aromatic N) is 2. The summed E-state index contributed by atoms with van der Waals surface area (Å²) in [6, 6.07) is 13.8. The molecule has 2 amide bonds. The van der Waals surface area contributed by atoms with Gasteiger partial charge in [0.2, 0.25) is 11.8 Å². The van der Waals surface area contributed by atoms with E-state index < -0.39 is 0 Å². The number of benzene rings is 2. The number of carbonyl (C=O) groups excluding carboxylic acids is 2. The maximum atomic E-state index is 13.6. The van der Waals surface area contributed by atoms with Crippen molar-refractivity contribution < 1.29 is 9.59 Å². The lowest BCUT2D eigenvalue weighted by atomic mass is 9.90. The highest BCUT2D eigenvalue weighted by atomic mass is 16.2. The van der Waals surface area contributed by atoms with Gasteiger partial charge in [0, 0.05) is 25.3 Å². The van der Waals surface area contributed by atoms with E-state index in [0.29, 0.717) is 12.5 Å². The third kappa shape index (κ3) is 4.82. The molecule has 1 N–H and O–H groups in total. The maximum Gasteiger partial charge on any atom is 0.244 e. The number of carbonyl (C=O) groups is 2. The van der Waals surface area contributed by atoms with Crippen LogP contribution in [0.3, 0.4) is 0 Å². The first-order chi connectivity index (χ1) is 14.9. The lowest BCUT2D eigenvalue weighted by Crippen LogP contribution is -2.50. The number of fused-ring (bicyclic) bond motifs is 1. The van der Waals surface area contributed by atoms with E-state index in [-0.39, 0.29) is 24.4 Å². The molecule has 1 atom stereocenters. The molecule has 2 aromatic carbocycles. The summed E-state index contributed by atoms with van der Waals surface area (Å²) in [5.74, 6) is 0.730. The lowest BCUT2D eigenvalue weighted by Gasteiger charge is -2.40. The molecule has 0 spiro atoms. The molecule has 0 saturated carbocycles. The molecule has 31 heavy (non-hydrogen) atoms. The number of piperidine rings is 1. The molecule has 5 nitrogen and oxygen atoms in total. The van der Waals surface area contributed by atoms with Gasteiger partial charge in [0.05, 0.1) is 6.54 Å². The molecule has 0 unspecified atom stereocenters. The van der Waals surface area contributed by atoms with Gasteiger partial charge in [-0.3, -0.25) is 14.5 Å². The molecular weight excluding hydrogens is 386 g/mol. The fraction of sp³-hybridized carbons (Fsp3) is 0.462. The third-order valence-electron chi connectivity index (χ3n) is 6.85. The van der Waals surface area contributed by atoms with Gasteiger partial charge in [0.25, 0.3) is 0 Å². The summed E-state index contributed by atoms with van der Waals surface area (Å²) in [6.07, 6.45) is 2.95. The summed E-state index contributed by atoms with van der Waals surface area (Å²) in [7, 11) is 0. The Kier molecular flexibility index (Phi) is 6.42. The van der Waals surface area contributed by atoms with Crippen LogP contribution in [0.2, 0.25) is 0 Å². The Labute approximate surface area is 185 Å². The zero-order valence-corrected chi connectivity index (χ0v) is 18.9. The Morgan fingerprint density at radius 1 is 1.00 bits per heavy atom. The van der Waals surface area contributed by atoms with E-state index in [4.69, 9.17) is 0 Å². The van der Waals surface area contributed by atoms with E-state index >= 15 is 0 Å². The molecule has 0 radical (unpaired) electrons. The first kappa shape index (κ1) is 21.6. The van der Waals surface area contributed by atoms with E-state index in [1.165, 1.54) is 11.1 Å². The van der Waals surface area contributed by atoms with Crippen LogP contribution in [0.5, 0.6) is 0 Å². The number of aryl methyl sites for hydroxylation is 2. The van der Waals surface area contributed by atoms with Crippen LogP contribution in [0, 0.1) is 19.8 Å². The van der Waals surface area contributed by atoms with Gasteiger partial charge in [-0.05, 0) is 73.4 Å². The van der Waals surface area contributed by atoms with Crippen LogP contribution in [-0.2, 0) is 16.0 Å². The minimum Gasteiger partial charge on any atom is -0.341 e. The molecule has 0 aromatic heterocycles. The Bertz CT molecular complexity index is 963. The van der Waals surface area contributed by atoms with Gasteiger partial charge in [0.1, 0.15) is 6.04 Å². The first-order valence-corrected chi connectivity index (χ1v) is 11.4. The van der Waals surface area contributed by atoms with Gasteiger partial charge in [-0.15, -0.1) is 0 Å². The van der Waals surface area contributed by atoms with Crippen molar-refractivity contribution in [2.75, 3.05) is 31.5 Å². The largest absolute Gasteiger partial charge is 0.341 e. The quantitative estimate of drug-likeness (QED) is 0.812. The van der Waals surface area contributed by atoms with E-state index in [1.54, 1.807) is 0 Å². The number of anilines is 1. The predicted octanol–water partition coefficient (Wildman–Crippen LogP) is 4.10. The molecule has 2 heterocycles. The highest BCUT2D eigenvalue weighted by Crippen LogP contribution is 2.32. The van der Waals surface area contributed by atoms with Crippen LogP contribution in [-0.4, -0.2) is 47.8 Å². The second-order valence-electron chi connectivity index (χ2n) is 9.18. The number of rotatable bonds is 4. The van der Waals surface area contributed by atoms with E-state index in [2.05, 4.69) is 36.2 Å². The second-order valence-corrected chi connectivity index (χ2v) is 9.18. The number of nitrogens with one attached hydrogen (secondary N) is 1. The molecule has 0 aliphatic carbocycles. The molecule has 0 bridgehead atoms. The summed E-state index contributed by atoms with van der Waals surface area (Å²) in [5.41, 5.74) is 5.43. The van der Waals surface area contributed by atoms with Crippen LogP contribution < -0.4 is 5.32 Å². The molecule has 1 fully saturated rings. The Balaban J connectivity index is 1.53. The minimum absolute atomic E-state index is 0.0762. The molecule has 4 rings (SSSR count). The first-order valence-electron chi connectivity index (χ1n) is 11.4. The zero-order valence-electron chi connectivity index (χ0n) is 18.9. The fourth-order valence-corrected chi connectivity index (χ4v) is 4.68. The lowest BCUT2D eigenvalue weighted by molar-refractivity contribution is -0.139. The standard InChI is InChI=1S/C26H33N3O2/c1-18-10-13-28(14-11-18)26(31)25-23-7-5-4-6-21(23)12-15-29(25)17-24(30)27-22-9-8-19(2)20(3)16-22/h4-9,16,18,25H,10-15,17H2,1-3H3,(H,27,30)/t25-/m1/s1. The van der Waals surface area contributed by atoms with Crippen LogP contribution in [0.15, 0.2) is 42.5 Å². The molecule has 2 aromatic rings. The van der Waals surface area contributed by atoms with Gasteiger partial charge >= 0.3 is 0 Å². The molecule has 5 heteroatoms. The van der Waals surface area contributed by atoms with Gasteiger partial charge in [-0.1, -0.05) is 37.3 Å². The molecule has 2 aliphatic heterocycles. The second kappa shape index (κ2) is 9.23. The van der Waals surface area contributed by atoms with Gasteiger partial charge < -0.3 is 10.2 Å². The average Bonchev–Trinajstić information content (AvgIpc) is 2.76. The normalized spacial score (nSPS) is 19.7. The van der Waals surface area contributed by atoms with Crippen molar-refractivity contribution in [1.29, 1.82) is 0 Å². The fourth-order valence-electron chi connectivity index (χ4n) is 4.68. The summed E-state index contributed by atoms with van der Waals surface area (Å²) in [4.78, 5) is 30.6. The van der Waals surface area contributed by atoms with Crippen molar-refractivity contribution in [1.82, 2.24) is 9.80 Å². The minimum atomic E-state index is -0.385. The monoisotopic (exact) mass is 419 g/mol. The van der Waals surface area contributed by atoms with Gasteiger partial charge in [-0.2, -0.15) is 0 Å². The van der Waals surface area contributed by atoms with Crippen LogP contribution in [0.25, 0.3) is 0 Å². The Hall–Kier alpha value is -2.66. The van der Waals surface area contributed by atoms with Crippen LogP contribution in [0.1, 0.15) is 48.1 Å². The van der Waals surface area contributed by atoms with Crippen LogP contribution in [0.4, 0.5) is 5.69 Å². The van der Waals surface area contributed by atoms with Crippen molar-refractivity contribution in [2.24, 2.45) is 5.92 Å². The SMILES string of the molecule is Cc1ccc(NC(=O)CN2CCc3ccccc3[C@@H]2C(=O)N2CCC(C)CC2)cc1C. The van der Waals surface area contributed by atoms with Crippen molar-refractivity contribution in [3.05, 3.63) is 64.7 Å². The summed E-state index contributed by atoms with van der Waals surface area (Å²) in [6.45, 7) is 8.88. The number of amides is 2. The van der Waals surface area contributed by atoms with E-state index in [1.807, 2.05) is 42.2 Å².